The van der Waals surface area contributed by atoms with Crippen molar-refractivity contribution in [3.63, 3.8) is 0 Å². The third kappa shape index (κ3) is 3.21. The van der Waals surface area contributed by atoms with Crippen LogP contribution in [0.1, 0.15) is 17.2 Å². The van der Waals surface area contributed by atoms with Gasteiger partial charge in [-0.3, -0.25) is 4.98 Å². The van der Waals surface area contributed by atoms with Crippen LogP contribution in [0.4, 0.5) is 0 Å². The summed E-state index contributed by atoms with van der Waals surface area (Å²) in [5.74, 6) is 1.28. The maximum Gasteiger partial charge on any atom is 0.124 e. The maximum atomic E-state index is 10.4. The summed E-state index contributed by atoms with van der Waals surface area (Å²) in [6, 6.07) is 7.11. The summed E-state index contributed by atoms with van der Waals surface area (Å²) in [5.41, 5.74) is 1.50. The van der Waals surface area contributed by atoms with Crippen molar-refractivity contribution in [2.45, 2.75) is 12.5 Å². The lowest BCUT2D eigenvalue weighted by molar-refractivity contribution is 0.173. The van der Waals surface area contributed by atoms with Crippen molar-refractivity contribution in [3.05, 3.63) is 52.8 Å². The molecule has 106 valence electrons. The third-order valence-corrected chi connectivity index (χ3v) is 3.41. The topological polar surface area (TPSA) is 51.6 Å². The van der Waals surface area contributed by atoms with Crippen LogP contribution in [-0.4, -0.2) is 24.3 Å². The predicted octanol–water partition coefficient (Wildman–Crippen LogP) is 3.03. The van der Waals surface area contributed by atoms with Gasteiger partial charge in [0, 0.05) is 24.4 Å². The maximum absolute atomic E-state index is 10.4. The highest BCUT2D eigenvalue weighted by Crippen LogP contribution is 2.32. The molecule has 5 heteroatoms. The molecular weight excluding hydrogens is 278 g/mol. The Morgan fingerprint density at radius 2 is 2.05 bits per heavy atom. The van der Waals surface area contributed by atoms with Gasteiger partial charge in [0.05, 0.1) is 25.3 Å². The molecule has 0 aliphatic carbocycles. The molecule has 1 aromatic carbocycles. The van der Waals surface area contributed by atoms with Crippen LogP contribution in [-0.2, 0) is 6.42 Å². The number of rotatable bonds is 5. The average molecular weight is 294 g/mol. The molecule has 0 radical (unpaired) electrons. The highest BCUT2D eigenvalue weighted by Gasteiger charge is 2.16. The van der Waals surface area contributed by atoms with Crippen LogP contribution < -0.4 is 9.47 Å². The van der Waals surface area contributed by atoms with Gasteiger partial charge in [0.2, 0.25) is 0 Å². The summed E-state index contributed by atoms with van der Waals surface area (Å²) in [7, 11) is 3.15. The summed E-state index contributed by atoms with van der Waals surface area (Å²) < 4.78 is 10.4. The van der Waals surface area contributed by atoms with Crippen molar-refractivity contribution in [1.29, 1.82) is 0 Å². The first-order valence-electron chi connectivity index (χ1n) is 6.14. The fourth-order valence-corrected chi connectivity index (χ4v) is 2.18. The lowest BCUT2D eigenvalue weighted by atomic mass is 10.0. The molecule has 0 aliphatic rings. The second-order valence-electron chi connectivity index (χ2n) is 4.29. The largest absolute Gasteiger partial charge is 0.497 e. The van der Waals surface area contributed by atoms with Crippen molar-refractivity contribution in [2.24, 2.45) is 0 Å². The number of methoxy groups -OCH3 is 2. The Bertz CT molecular complexity index is 589. The average Bonchev–Trinajstić information content (AvgIpc) is 2.48. The van der Waals surface area contributed by atoms with Gasteiger partial charge < -0.3 is 14.6 Å². The van der Waals surface area contributed by atoms with Gasteiger partial charge in [-0.15, -0.1) is 0 Å². The van der Waals surface area contributed by atoms with Crippen LogP contribution in [0.15, 0.2) is 36.7 Å². The number of halogens is 1. The molecule has 4 nitrogen and oxygen atoms in total. The zero-order valence-corrected chi connectivity index (χ0v) is 12.1. The van der Waals surface area contributed by atoms with Crippen molar-refractivity contribution in [1.82, 2.24) is 4.98 Å². The number of nitrogens with zero attached hydrogens (tertiary/aromatic N) is 1. The standard InChI is InChI=1S/C15H16ClNO3/c1-19-11-3-4-15(20-2)12(8-11)14(18)7-10-5-6-17-9-13(10)16/h3-6,8-9,14,18H,7H2,1-2H3. The fourth-order valence-electron chi connectivity index (χ4n) is 1.99. The molecule has 1 N–H and O–H groups in total. The van der Waals surface area contributed by atoms with Crippen molar-refractivity contribution in [3.8, 4) is 11.5 Å². The van der Waals surface area contributed by atoms with Crippen molar-refractivity contribution < 1.29 is 14.6 Å². The Labute approximate surface area is 122 Å². The Kier molecular flexibility index (Phi) is 4.82. The molecular formula is C15H16ClNO3. The molecule has 0 aliphatic heterocycles. The Balaban J connectivity index is 2.28. The van der Waals surface area contributed by atoms with E-state index in [0.29, 0.717) is 28.5 Å². The second-order valence-corrected chi connectivity index (χ2v) is 4.70. The molecule has 0 spiro atoms. The van der Waals surface area contributed by atoms with Gasteiger partial charge in [0.1, 0.15) is 11.5 Å². The number of ether oxygens (including phenoxy) is 2. The first-order chi connectivity index (χ1) is 9.65. The summed E-state index contributed by atoms with van der Waals surface area (Å²) in [6.07, 6.45) is 2.86. The van der Waals surface area contributed by atoms with E-state index in [1.807, 2.05) is 0 Å². The molecule has 1 unspecified atom stereocenters. The second kappa shape index (κ2) is 6.59. The minimum Gasteiger partial charge on any atom is -0.497 e. The van der Waals surface area contributed by atoms with E-state index < -0.39 is 6.10 Å². The highest BCUT2D eigenvalue weighted by atomic mass is 35.5. The number of aromatic nitrogens is 1. The molecule has 0 fully saturated rings. The van der Waals surface area contributed by atoms with Gasteiger partial charge in [-0.1, -0.05) is 11.6 Å². The molecule has 20 heavy (non-hydrogen) atoms. The van der Waals surface area contributed by atoms with Gasteiger partial charge in [-0.25, -0.2) is 0 Å². The monoisotopic (exact) mass is 293 g/mol. The summed E-state index contributed by atoms with van der Waals surface area (Å²) in [6.45, 7) is 0. The molecule has 0 bridgehead atoms. The van der Waals surface area contributed by atoms with Crippen LogP contribution in [0.25, 0.3) is 0 Å². The van der Waals surface area contributed by atoms with Gasteiger partial charge in [-0.2, -0.15) is 0 Å². The Hall–Kier alpha value is -1.78. The lowest BCUT2D eigenvalue weighted by Crippen LogP contribution is -2.05. The van der Waals surface area contributed by atoms with Crippen LogP contribution in [0.5, 0.6) is 11.5 Å². The smallest absolute Gasteiger partial charge is 0.124 e. The first-order valence-corrected chi connectivity index (χ1v) is 6.52. The van der Waals surface area contributed by atoms with E-state index in [0.717, 1.165) is 5.56 Å². The van der Waals surface area contributed by atoms with Crippen LogP contribution >= 0.6 is 11.6 Å². The molecule has 1 heterocycles. The van der Waals surface area contributed by atoms with Crippen LogP contribution in [0, 0.1) is 0 Å². The first kappa shape index (κ1) is 14.6. The minimum atomic E-state index is -0.736. The fraction of sp³-hybridized carbons (Fsp3) is 0.267. The lowest BCUT2D eigenvalue weighted by Gasteiger charge is -2.16. The van der Waals surface area contributed by atoms with Gasteiger partial charge in [0.15, 0.2) is 0 Å². The van der Waals surface area contributed by atoms with Crippen molar-refractivity contribution in [2.75, 3.05) is 14.2 Å². The predicted molar refractivity (Wildman–Crippen MR) is 77.5 cm³/mol. The molecule has 0 saturated heterocycles. The van der Waals surface area contributed by atoms with E-state index in [-0.39, 0.29) is 0 Å². The number of pyridine rings is 1. The summed E-state index contributed by atoms with van der Waals surface area (Å²) in [4.78, 5) is 3.93. The number of benzene rings is 1. The van der Waals surface area contributed by atoms with E-state index in [4.69, 9.17) is 21.1 Å². The van der Waals surface area contributed by atoms with E-state index in [9.17, 15) is 5.11 Å². The highest BCUT2D eigenvalue weighted by molar-refractivity contribution is 6.31. The van der Waals surface area contributed by atoms with Crippen molar-refractivity contribution >= 4 is 11.6 Å². The Morgan fingerprint density at radius 1 is 1.25 bits per heavy atom. The third-order valence-electron chi connectivity index (χ3n) is 3.07. The normalized spacial score (nSPS) is 12.0. The number of aliphatic hydroxyl groups excluding tert-OH is 1. The molecule has 1 aromatic heterocycles. The summed E-state index contributed by atoms with van der Waals surface area (Å²) in [5, 5.41) is 11.0. The number of hydrogen-bond donors (Lipinski definition) is 1. The van der Waals surface area contributed by atoms with E-state index in [1.54, 1.807) is 50.9 Å². The molecule has 2 rings (SSSR count). The van der Waals surface area contributed by atoms with Gasteiger partial charge in [0.25, 0.3) is 0 Å². The number of hydrogen-bond acceptors (Lipinski definition) is 4. The van der Waals surface area contributed by atoms with E-state index in [2.05, 4.69) is 4.98 Å². The van der Waals surface area contributed by atoms with Gasteiger partial charge >= 0.3 is 0 Å². The molecule has 0 saturated carbocycles. The van der Waals surface area contributed by atoms with Crippen LogP contribution in [0.2, 0.25) is 5.02 Å². The quantitative estimate of drug-likeness (QED) is 0.920. The SMILES string of the molecule is COc1ccc(OC)c(C(O)Cc2ccncc2Cl)c1. The van der Waals surface area contributed by atoms with E-state index >= 15 is 0 Å². The number of aliphatic hydroxyl groups is 1. The van der Waals surface area contributed by atoms with Crippen LogP contribution in [0.3, 0.4) is 0 Å². The zero-order valence-electron chi connectivity index (χ0n) is 11.3. The van der Waals surface area contributed by atoms with E-state index in [1.165, 1.54) is 0 Å². The zero-order chi connectivity index (χ0) is 14.5. The minimum absolute atomic E-state index is 0.380. The molecule has 0 amide bonds. The summed E-state index contributed by atoms with van der Waals surface area (Å²) >= 11 is 6.06. The molecule has 2 aromatic rings. The van der Waals surface area contributed by atoms with Gasteiger partial charge in [-0.05, 0) is 29.8 Å². The molecule has 1 atom stereocenters. The Morgan fingerprint density at radius 3 is 2.70 bits per heavy atom.